The van der Waals surface area contributed by atoms with E-state index in [4.69, 9.17) is 10.5 Å². The van der Waals surface area contributed by atoms with Crippen LogP contribution >= 0.6 is 15.9 Å². The number of halogens is 1. The Bertz CT molecular complexity index is 363. The molecule has 0 spiro atoms. The van der Waals surface area contributed by atoms with Crippen LogP contribution in [0.1, 0.15) is 22.8 Å². The van der Waals surface area contributed by atoms with Gasteiger partial charge in [-0.05, 0) is 31.5 Å². The number of hydrogen-bond acceptors (Lipinski definition) is 2. The minimum absolute atomic E-state index is 0.454. The summed E-state index contributed by atoms with van der Waals surface area (Å²) in [6.07, 6.45) is 0. The Balaban J connectivity index is 3.28. The van der Waals surface area contributed by atoms with Gasteiger partial charge in [-0.2, -0.15) is 0 Å². The summed E-state index contributed by atoms with van der Waals surface area (Å²) in [7, 11) is 0. The second-order valence-corrected chi connectivity index (χ2v) is 3.81. The molecule has 1 amide bonds. The molecule has 0 aliphatic rings. The highest BCUT2D eigenvalue weighted by molar-refractivity contribution is 9.10. The van der Waals surface area contributed by atoms with Crippen LogP contribution in [0.3, 0.4) is 0 Å². The summed E-state index contributed by atoms with van der Waals surface area (Å²) in [5, 5.41) is 0. The van der Waals surface area contributed by atoms with Crippen LogP contribution in [0.2, 0.25) is 0 Å². The number of carbonyl (C=O) groups is 1. The van der Waals surface area contributed by atoms with Gasteiger partial charge in [-0.3, -0.25) is 4.79 Å². The van der Waals surface area contributed by atoms with Crippen LogP contribution in [0.25, 0.3) is 0 Å². The lowest BCUT2D eigenvalue weighted by Crippen LogP contribution is -2.14. The van der Waals surface area contributed by atoms with Crippen LogP contribution in [-0.2, 0) is 0 Å². The average Bonchev–Trinajstić information content (AvgIpc) is 2.01. The monoisotopic (exact) mass is 257 g/mol. The fourth-order valence-electron chi connectivity index (χ4n) is 1.30. The second-order valence-electron chi connectivity index (χ2n) is 2.89. The molecule has 76 valence electrons. The quantitative estimate of drug-likeness (QED) is 0.903. The Morgan fingerprint density at radius 2 is 2.21 bits per heavy atom. The molecule has 0 saturated carbocycles. The van der Waals surface area contributed by atoms with E-state index >= 15 is 0 Å². The smallest absolute Gasteiger partial charge is 0.252 e. The first kappa shape index (κ1) is 11.0. The lowest BCUT2D eigenvalue weighted by Gasteiger charge is -2.10. The Labute approximate surface area is 91.4 Å². The fraction of sp³-hybridized carbons (Fsp3) is 0.300. The number of rotatable bonds is 3. The van der Waals surface area contributed by atoms with Crippen molar-refractivity contribution in [3.63, 3.8) is 0 Å². The van der Waals surface area contributed by atoms with E-state index in [1.807, 2.05) is 19.9 Å². The van der Waals surface area contributed by atoms with Crippen LogP contribution in [0, 0.1) is 6.92 Å². The van der Waals surface area contributed by atoms with Gasteiger partial charge in [0.05, 0.1) is 12.2 Å². The van der Waals surface area contributed by atoms with Crippen molar-refractivity contribution in [2.45, 2.75) is 13.8 Å². The van der Waals surface area contributed by atoms with Crippen molar-refractivity contribution < 1.29 is 9.53 Å². The molecule has 14 heavy (non-hydrogen) atoms. The molecule has 0 atom stereocenters. The van der Waals surface area contributed by atoms with E-state index in [-0.39, 0.29) is 0 Å². The molecule has 1 aromatic rings. The number of nitrogens with two attached hydrogens (primary N) is 1. The highest BCUT2D eigenvalue weighted by Crippen LogP contribution is 2.27. The molecule has 0 aliphatic carbocycles. The predicted molar refractivity (Wildman–Crippen MR) is 58.6 cm³/mol. The summed E-state index contributed by atoms with van der Waals surface area (Å²) < 4.78 is 6.21. The molecular weight excluding hydrogens is 246 g/mol. The first-order valence-corrected chi connectivity index (χ1v) is 5.08. The van der Waals surface area contributed by atoms with E-state index < -0.39 is 5.91 Å². The van der Waals surface area contributed by atoms with Gasteiger partial charge in [-0.15, -0.1) is 0 Å². The van der Waals surface area contributed by atoms with Gasteiger partial charge < -0.3 is 10.5 Å². The third-order valence-electron chi connectivity index (χ3n) is 1.81. The molecule has 0 fully saturated rings. The van der Waals surface area contributed by atoms with Crippen LogP contribution in [0.5, 0.6) is 5.75 Å². The zero-order valence-corrected chi connectivity index (χ0v) is 9.72. The van der Waals surface area contributed by atoms with Crippen LogP contribution in [0.4, 0.5) is 0 Å². The molecule has 0 aromatic heterocycles. The standard InChI is InChI=1S/C10H12BrNO2/c1-3-14-8-5-7(11)4-6(2)9(8)10(12)13/h4-5H,3H2,1-2H3,(H2,12,13). The van der Waals surface area contributed by atoms with E-state index in [2.05, 4.69) is 15.9 Å². The lowest BCUT2D eigenvalue weighted by molar-refractivity contribution is 0.0996. The van der Waals surface area contributed by atoms with Crippen molar-refractivity contribution >= 4 is 21.8 Å². The maximum atomic E-state index is 11.2. The van der Waals surface area contributed by atoms with Crippen LogP contribution in [-0.4, -0.2) is 12.5 Å². The van der Waals surface area contributed by atoms with Gasteiger partial charge in [-0.1, -0.05) is 15.9 Å². The Morgan fingerprint density at radius 1 is 1.57 bits per heavy atom. The van der Waals surface area contributed by atoms with E-state index in [0.717, 1.165) is 10.0 Å². The maximum Gasteiger partial charge on any atom is 0.252 e. The molecule has 0 radical (unpaired) electrons. The Kier molecular flexibility index (Phi) is 3.52. The van der Waals surface area contributed by atoms with Crippen molar-refractivity contribution in [1.82, 2.24) is 0 Å². The average molecular weight is 258 g/mol. The predicted octanol–water partition coefficient (Wildman–Crippen LogP) is 2.26. The maximum absolute atomic E-state index is 11.2. The first-order valence-electron chi connectivity index (χ1n) is 4.29. The molecular formula is C10H12BrNO2. The summed E-state index contributed by atoms with van der Waals surface area (Å²) >= 11 is 3.33. The molecule has 3 nitrogen and oxygen atoms in total. The number of amides is 1. The lowest BCUT2D eigenvalue weighted by atomic mass is 10.1. The zero-order chi connectivity index (χ0) is 10.7. The number of hydrogen-bond donors (Lipinski definition) is 1. The van der Waals surface area contributed by atoms with Crippen molar-refractivity contribution in [1.29, 1.82) is 0 Å². The van der Waals surface area contributed by atoms with Crippen molar-refractivity contribution in [3.8, 4) is 5.75 Å². The van der Waals surface area contributed by atoms with E-state index in [1.165, 1.54) is 0 Å². The Hall–Kier alpha value is -1.03. The first-order chi connectivity index (χ1) is 6.56. The number of carbonyl (C=O) groups excluding carboxylic acids is 1. The van der Waals surface area contributed by atoms with Crippen molar-refractivity contribution in [3.05, 3.63) is 27.7 Å². The number of primary amides is 1. The number of benzene rings is 1. The van der Waals surface area contributed by atoms with Gasteiger partial charge in [0.15, 0.2) is 0 Å². The summed E-state index contributed by atoms with van der Waals surface area (Å²) in [4.78, 5) is 11.2. The highest BCUT2D eigenvalue weighted by atomic mass is 79.9. The highest BCUT2D eigenvalue weighted by Gasteiger charge is 2.13. The molecule has 1 rings (SSSR count). The van der Waals surface area contributed by atoms with Crippen LogP contribution in [0.15, 0.2) is 16.6 Å². The van der Waals surface area contributed by atoms with E-state index in [1.54, 1.807) is 6.07 Å². The molecule has 4 heteroatoms. The molecule has 1 aromatic carbocycles. The Morgan fingerprint density at radius 3 is 2.71 bits per heavy atom. The second kappa shape index (κ2) is 4.46. The molecule has 0 bridgehead atoms. The van der Waals surface area contributed by atoms with Gasteiger partial charge in [0.2, 0.25) is 0 Å². The van der Waals surface area contributed by atoms with Gasteiger partial charge in [-0.25, -0.2) is 0 Å². The molecule has 0 saturated heterocycles. The zero-order valence-electron chi connectivity index (χ0n) is 8.13. The molecule has 0 heterocycles. The number of aryl methyl sites for hydroxylation is 1. The van der Waals surface area contributed by atoms with E-state index in [0.29, 0.717) is 17.9 Å². The summed E-state index contributed by atoms with van der Waals surface area (Å²) in [5.41, 5.74) is 6.53. The van der Waals surface area contributed by atoms with Crippen molar-refractivity contribution in [2.75, 3.05) is 6.61 Å². The topological polar surface area (TPSA) is 52.3 Å². The van der Waals surface area contributed by atoms with Gasteiger partial charge in [0, 0.05) is 4.47 Å². The minimum Gasteiger partial charge on any atom is -0.493 e. The summed E-state index contributed by atoms with van der Waals surface area (Å²) in [6.45, 7) is 4.20. The molecule has 2 N–H and O–H groups in total. The third kappa shape index (κ3) is 2.26. The SMILES string of the molecule is CCOc1cc(Br)cc(C)c1C(N)=O. The van der Waals surface area contributed by atoms with Gasteiger partial charge >= 0.3 is 0 Å². The van der Waals surface area contributed by atoms with Gasteiger partial charge in [0.1, 0.15) is 5.75 Å². The largest absolute Gasteiger partial charge is 0.493 e. The minimum atomic E-state index is -0.460. The molecule has 0 unspecified atom stereocenters. The normalized spacial score (nSPS) is 9.93. The molecule has 0 aliphatic heterocycles. The summed E-state index contributed by atoms with van der Waals surface area (Å²) in [5.74, 6) is 0.0744. The van der Waals surface area contributed by atoms with Crippen molar-refractivity contribution in [2.24, 2.45) is 5.73 Å². The van der Waals surface area contributed by atoms with Gasteiger partial charge in [0.25, 0.3) is 5.91 Å². The van der Waals surface area contributed by atoms with Crippen LogP contribution < -0.4 is 10.5 Å². The summed E-state index contributed by atoms with van der Waals surface area (Å²) in [6, 6.07) is 3.58. The van der Waals surface area contributed by atoms with E-state index in [9.17, 15) is 4.79 Å². The number of ether oxygens (including phenoxy) is 1. The fourth-order valence-corrected chi connectivity index (χ4v) is 1.85. The third-order valence-corrected chi connectivity index (χ3v) is 2.27.